The number of aromatic amines is 1. The summed E-state index contributed by atoms with van der Waals surface area (Å²) >= 11 is 0. The molecule has 1 aliphatic heterocycles. The molecule has 0 saturated carbocycles. The van der Waals surface area contributed by atoms with Gasteiger partial charge in [0, 0.05) is 35.2 Å². The summed E-state index contributed by atoms with van der Waals surface area (Å²) in [5.41, 5.74) is 9.57. The van der Waals surface area contributed by atoms with E-state index in [2.05, 4.69) is 27.0 Å². The minimum absolute atomic E-state index is 0.231. The number of methoxy groups -OCH3 is 1. The fourth-order valence-corrected chi connectivity index (χ4v) is 5.05. The van der Waals surface area contributed by atoms with Gasteiger partial charge >= 0.3 is 5.97 Å². The standard InChI is InChI=1S/C30H37N5O5/c1-18(36)32-27-17-20-11-13-24-22(16-20)21-15-19(10-12-23(21)33-24)7-3-4-9-26(30(39)40-2)35-28(37)25(34-29(27)38)8-5-6-14-31/h3-4,10-13,15-16,25-27,33H,5-9,14,17,31H2,1-2H3,(H,32,36)(H,34,38)(H,35,37)/b4-3+/t25-,26-,27?/m0/s1. The Balaban J connectivity index is 1.74. The lowest BCUT2D eigenvalue weighted by atomic mass is 10.00. The number of H-pyrrole nitrogens is 1. The number of carbonyl (C=O) groups excluding carboxylic acids is 4. The van der Waals surface area contributed by atoms with Crippen LogP contribution in [-0.4, -0.2) is 60.5 Å². The molecule has 4 rings (SSSR count). The third kappa shape index (κ3) is 7.06. The Morgan fingerprint density at radius 1 is 0.975 bits per heavy atom. The number of allylic oxidation sites excluding steroid dienone is 1. The van der Waals surface area contributed by atoms with Crippen molar-refractivity contribution in [2.75, 3.05) is 13.7 Å². The van der Waals surface area contributed by atoms with E-state index >= 15 is 0 Å². The predicted molar refractivity (Wildman–Crippen MR) is 153 cm³/mol. The van der Waals surface area contributed by atoms with Crippen LogP contribution < -0.4 is 21.7 Å². The van der Waals surface area contributed by atoms with Crippen LogP contribution in [0.1, 0.15) is 43.7 Å². The molecule has 10 nitrogen and oxygen atoms in total. The van der Waals surface area contributed by atoms with Gasteiger partial charge in [0.25, 0.3) is 0 Å². The minimum atomic E-state index is -0.920. The number of benzene rings is 2. The summed E-state index contributed by atoms with van der Waals surface area (Å²) in [6.07, 6.45) is 6.51. The molecule has 1 aromatic heterocycles. The van der Waals surface area contributed by atoms with E-state index in [9.17, 15) is 19.2 Å². The van der Waals surface area contributed by atoms with Gasteiger partial charge in [-0.15, -0.1) is 0 Å². The Hall–Kier alpha value is -4.18. The molecule has 0 spiro atoms. The van der Waals surface area contributed by atoms with E-state index in [0.29, 0.717) is 32.2 Å². The fourth-order valence-electron chi connectivity index (χ4n) is 5.05. The molecule has 212 valence electrons. The minimum Gasteiger partial charge on any atom is -0.467 e. The highest BCUT2D eigenvalue weighted by Crippen LogP contribution is 2.28. The summed E-state index contributed by atoms with van der Waals surface area (Å²) in [7, 11) is 1.27. The Kier molecular flexibility index (Phi) is 9.55. The highest BCUT2D eigenvalue weighted by molar-refractivity contribution is 6.07. The van der Waals surface area contributed by atoms with Crippen molar-refractivity contribution in [1.29, 1.82) is 0 Å². The summed E-state index contributed by atoms with van der Waals surface area (Å²) in [4.78, 5) is 54.8. The van der Waals surface area contributed by atoms with Gasteiger partial charge in [-0.25, -0.2) is 4.79 Å². The zero-order valence-electron chi connectivity index (χ0n) is 22.9. The molecule has 0 saturated heterocycles. The van der Waals surface area contributed by atoms with Crippen molar-refractivity contribution in [1.82, 2.24) is 20.9 Å². The quantitative estimate of drug-likeness (QED) is 0.181. The second-order valence-electron chi connectivity index (χ2n) is 10.2. The molecule has 2 aromatic carbocycles. The summed E-state index contributed by atoms with van der Waals surface area (Å²) < 4.78 is 4.92. The molecule has 3 amide bonds. The van der Waals surface area contributed by atoms with Gasteiger partial charge in [-0.2, -0.15) is 0 Å². The van der Waals surface area contributed by atoms with Gasteiger partial charge in [0.2, 0.25) is 17.7 Å². The normalized spacial score (nSPS) is 21.1. The number of unbranched alkanes of at least 4 members (excludes halogenated alkanes) is 1. The Morgan fingerprint density at radius 2 is 1.68 bits per heavy atom. The first-order chi connectivity index (χ1) is 19.3. The molecular formula is C30H37N5O5. The third-order valence-electron chi connectivity index (χ3n) is 7.14. The zero-order chi connectivity index (χ0) is 28.6. The largest absolute Gasteiger partial charge is 0.467 e. The van der Waals surface area contributed by atoms with Crippen LogP contribution in [-0.2, 0) is 36.8 Å². The third-order valence-corrected chi connectivity index (χ3v) is 7.14. The molecule has 0 radical (unpaired) electrons. The van der Waals surface area contributed by atoms with Gasteiger partial charge in [-0.1, -0.05) is 24.3 Å². The average molecular weight is 548 g/mol. The first-order valence-corrected chi connectivity index (χ1v) is 13.6. The van der Waals surface area contributed by atoms with Gasteiger partial charge in [-0.05, 0) is 74.0 Å². The highest BCUT2D eigenvalue weighted by atomic mass is 16.5. The van der Waals surface area contributed by atoms with Crippen molar-refractivity contribution in [2.24, 2.45) is 5.73 Å². The van der Waals surface area contributed by atoms with E-state index in [4.69, 9.17) is 10.5 Å². The lowest BCUT2D eigenvalue weighted by Gasteiger charge is -2.24. The Bertz CT molecular complexity index is 1430. The average Bonchev–Trinajstić information content (AvgIpc) is 3.29. The monoisotopic (exact) mass is 547 g/mol. The summed E-state index contributed by atoms with van der Waals surface area (Å²) in [5, 5.41) is 10.4. The van der Waals surface area contributed by atoms with Gasteiger partial charge in [-0.3, -0.25) is 14.4 Å². The summed E-state index contributed by atoms with van der Waals surface area (Å²) in [6.45, 7) is 1.80. The van der Waals surface area contributed by atoms with Crippen LogP contribution in [0.3, 0.4) is 0 Å². The maximum absolute atomic E-state index is 13.5. The van der Waals surface area contributed by atoms with Crippen LogP contribution in [0.15, 0.2) is 48.6 Å². The van der Waals surface area contributed by atoms with E-state index in [-0.39, 0.29) is 18.7 Å². The molecule has 1 unspecified atom stereocenters. The molecule has 0 aliphatic carbocycles. The van der Waals surface area contributed by atoms with Crippen molar-refractivity contribution in [2.45, 2.75) is 63.6 Å². The number of hydrogen-bond donors (Lipinski definition) is 5. The fraction of sp³-hybridized carbons (Fsp3) is 0.400. The van der Waals surface area contributed by atoms with E-state index in [1.165, 1.54) is 14.0 Å². The maximum atomic E-state index is 13.5. The molecule has 4 bridgehead atoms. The number of fused-ring (bicyclic) bond motifs is 2. The SMILES string of the molecule is COC(=O)[C@@H]1C/C=C/Cc2ccc3[nH]c4ccc(cc4c3c2)CC(NC(C)=O)C(=O)N[C@@H](CCCCN)C(=O)N1. The van der Waals surface area contributed by atoms with Crippen molar-refractivity contribution >= 4 is 45.5 Å². The lowest BCUT2D eigenvalue weighted by Crippen LogP contribution is -2.56. The molecule has 0 fully saturated rings. The number of hydrogen-bond acceptors (Lipinski definition) is 6. The van der Waals surface area contributed by atoms with Crippen LogP contribution in [0.2, 0.25) is 0 Å². The number of ether oxygens (including phenoxy) is 1. The van der Waals surface area contributed by atoms with Gasteiger partial charge in [0.1, 0.15) is 18.1 Å². The van der Waals surface area contributed by atoms with Crippen molar-refractivity contribution in [3.05, 3.63) is 59.7 Å². The maximum Gasteiger partial charge on any atom is 0.328 e. The lowest BCUT2D eigenvalue weighted by molar-refractivity contribution is -0.145. The van der Waals surface area contributed by atoms with Crippen LogP contribution in [0.5, 0.6) is 0 Å². The summed E-state index contributed by atoms with van der Waals surface area (Å²) in [6, 6.07) is 9.39. The number of esters is 1. The van der Waals surface area contributed by atoms with E-state index in [1.54, 1.807) is 0 Å². The number of aromatic nitrogens is 1. The second kappa shape index (κ2) is 13.3. The van der Waals surface area contributed by atoms with Gasteiger partial charge < -0.3 is 31.4 Å². The molecule has 40 heavy (non-hydrogen) atoms. The van der Waals surface area contributed by atoms with Gasteiger partial charge in [0.05, 0.1) is 7.11 Å². The first kappa shape index (κ1) is 28.8. The highest BCUT2D eigenvalue weighted by Gasteiger charge is 2.29. The van der Waals surface area contributed by atoms with Crippen molar-refractivity contribution in [3.63, 3.8) is 0 Å². The first-order valence-electron chi connectivity index (χ1n) is 13.6. The smallest absolute Gasteiger partial charge is 0.328 e. The predicted octanol–water partition coefficient (Wildman–Crippen LogP) is 2.14. The molecule has 6 N–H and O–H groups in total. The van der Waals surface area contributed by atoms with Crippen molar-refractivity contribution in [3.8, 4) is 0 Å². The van der Waals surface area contributed by atoms with E-state index in [0.717, 1.165) is 32.9 Å². The Labute approximate surface area is 233 Å². The molecule has 10 heteroatoms. The number of carbonyl (C=O) groups is 4. The van der Waals surface area contributed by atoms with Crippen LogP contribution in [0.4, 0.5) is 0 Å². The van der Waals surface area contributed by atoms with Gasteiger partial charge in [0.15, 0.2) is 0 Å². The second-order valence-corrected chi connectivity index (χ2v) is 10.2. The molecule has 2 heterocycles. The Morgan fingerprint density at radius 3 is 2.35 bits per heavy atom. The van der Waals surface area contributed by atoms with E-state index in [1.807, 2.05) is 42.5 Å². The van der Waals surface area contributed by atoms with Crippen LogP contribution in [0.25, 0.3) is 21.8 Å². The molecule has 3 atom stereocenters. The number of rotatable bonds is 6. The number of nitrogens with two attached hydrogens (primary N) is 1. The number of nitrogens with one attached hydrogen (secondary N) is 4. The molecular weight excluding hydrogens is 510 g/mol. The van der Waals surface area contributed by atoms with Crippen molar-refractivity contribution < 1.29 is 23.9 Å². The molecule has 3 aromatic rings. The summed E-state index contributed by atoms with van der Waals surface area (Å²) in [5.74, 6) is -1.92. The van der Waals surface area contributed by atoms with Crippen LogP contribution >= 0.6 is 0 Å². The molecule has 1 aliphatic rings. The zero-order valence-corrected chi connectivity index (χ0v) is 22.9. The van der Waals surface area contributed by atoms with E-state index < -0.39 is 35.9 Å². The number of amides is 3. The topological polar surface area (TPSA) is 155 Å². The van der Waals surface area contributed by atoms with Crippen LogP contribution in [0, 0.1) is 0 Å².